The van der Waals surface area contributed by atoms with E-state index in [0.29, 0.717) is 6.04 Å². The second kappa shape index (κ2) is 8.60. The number of benzene rings is 1. The first-order chi connectivity index (χ1) is 9.06. The first-order valence-corrected chi connectivity index (χ1v) is 7.95. The van der Waals surface area contributed by atoms with E-state index in [-0.39, 0.29) is 0 Å². The van der Waals surface area contributed by atoms with Crippen molar-refractivity contribution < 1.29 is 0 Å². The molecule has 1 nitrogen and oxygen atoms in total. The van der Waals surface area contributed by atoms with Gasteiger partial charge in [-0.05, 0) is 55.5 Å². The largest absolute Gasteiger partial charge is 0.310 e. The van der Waals surface area contributed by atoms with Crippen LogP contribution in [0.25, 0.3) is 0 Å². The van der Waals surface area contributed by atoms with Crippen molar-refractivity contribution in [3.63, 3.8) is 0 Å². The molecule has 108 valence electrons. The van der Waals surface area contributed by atoms with Gasteiger partial charge in [0.2, 0.25) is 0 Å². The molecule has 1 aromatic carbocycles. The molecule has 0 saturated carbocycles. The van der Waals surface area contributed by atoms with Crippen LogP contribution in [0.2, 0.25) is 5.02 Å². The highest BCUT2D eigenvalue weighted by molar-refractivity contribution is 6.30. The minimum atomic E-state index is 0.430. The number of hydrogen-bond donors (Lipinski definition) is 1. The summed E-state index contributed by atoms with van der Waals surface area (Å²) in [6.45, 7) is 10.00. The molecule has 0 aliphatic heterocycles. The minimum absolute atomic E-state index is 0.430. The van der Waals surface area contributed by atoms with Crippen LogP contribution in [0, 0.1) is 12.8 Å². The van der Waals surface area contributed by atoms with Crippen LogP contribution < -0.4 is 5.32 Å². The fraction of sp³-hybridized carbons (Fsp3) is 0.647. The van der Waals surface area contributed by atoms with Crippen LogP contribution in [0.4, 0.5) is 0 Å². The fourth-order valence-corrected chi connectivity index (χ4v) is 2.93. The van der Waals surface area contributed by atoms with Crippen molar-refractivity contribution in [2.24, 2.45) is 5.92 Å². The zero-order chi connectivity index (χ0) is 14.3. The van der Waals surface area contributed by atoms with Crippen molar-refractivity contribution in [2.45, 2.75) is 59.4 Å². The van der Waals surface area contributed by atoms with Crippen molar-refractivity contribution in [1.29, 1.82) is 0 Å². The molecule has 0 amide bonds. The van der Waals surface area contributed by atoms with E-state index in [0.717, 1.165) is 23.9 Å². The minimum Gasteiger partial charge on any atom is -0.310 e. The van der Waals surface area contributed by atoms with Gasteiger partial charge in [-0.25, -0.2) is 0 Å². The lowest BCUT2D eigenvalue weighted by atomic mass is 9.92. The fourth-order valence-electron chi connectivity index (χ4n) is 2.63. The Morgan fingerprint density at radius 2 is 1.89 bits per heavy atom. The van der Waals surface area contributed by atoms with Gasteiger partial charge in [0.1, 0.15) is 0 Å². The van der Waals surface area contributed by atoms with Gasteiger partial charge < -0.3 is 5.32 Å². The summed E-state index contributed by atoms with van der Waals surface area (Å²) in [6, 6.07) is 6.83. The quantitative estimate of drug-likeness (QED) is 0.662. The summed E-state index contributed by atoms with van der Waals surface area (Å²) in [7, 11) is 0. The number of aryl methyl sites for hydroxylation is 1. The molecular formula is C17H28ClN. The average Bonchev–Trinajstić information content (AvgIpc) is 2.33. The van der Waals surface area contributed by atoms with Crippen LogP contribution in [0.1, 0.15) is 63.6 Å². The van der Waals surface area contributed by atoms with E-state index < -0.39 is 0 Å². The molecule has 0 bridgehead atoms. The van der Waals surface area contributed by atoms with Gasteiger partial charge in [-0.2, -0.15) is 0 Å². The highest BCUT2D eigenvalue weighted by Crippen LogP contribution is 2.27. The monoisotopic (exact) mass is 281 g/mol. The molecule has 0 aromatic heterocycles. The Hall–Kier alpha value is -0.530. The van der Waals surface area contributed by atoms with Crippen molar-refractivity contribution in [3.05, 3.63) is 34.3 Å². The van der Waals surface area contributed by atoms with Gasteiger partial charge in [-0.1, -0.05) is 51.3 Å². The lowest BCUT2D eigenvalue weighted by Crippen LogP contribution is -2.24. The molecule has 0 radical (unpaired) electrons. The number of halogens is 1. The molecule has 2 heteroatoms. The number of hydrogen-bond acceptors (Lipinski definition) is 1. The smallest absolute Gasteiger partial charge is 0.0411 e. The number of nitrogens with one attached hydrogen (secondary N) is 1. The number of rotatable bonds is 8. The summed E-state index contributed by atoms with van der Waals surface area (Å²) >= 11 is 6.20. The summed E-state index contributed by atoms with van der Waals surface area (Å²) < 4.78 is 0. The molecule has 2 unspecified atom stereocenters. The summed E-state index contributed by atoms with van der Waals surface area (Å²) in [5.41, 5.74) is 2.58. The van der Waals surface area contributed by atoms with Crippen molar-refractivity contribution in [2.75, 3.05) is 6.54 Å². The summed E-state index contributed by atoms with van der Waals surface area (Å²) in [6.07, 6.45) is 4.91. The normalized spacial score (nSPS) is 14.4. The summed E-state index contributed by atoms with van der Waals surface area (Å²) in [4.78, 5) is 0. The first-order valence-electron chi connectivity index (χ1n) is 7.57. The van der Waals surface area contributed by atoms with Crippen LogP contribution in [-0.2, 0) is 0 Å². The Labute approximate surface area is 123 Å². The van der Waals surface area contributed by atoms with Gasteiger partial charge in [-0.3, -0.25) is 0 Å². The highest BCUT2D eigenvalue weighted by Gasteiger charge is 2.15. The molecule has 19 heavy (non-hydrogen) atoms. The van der Waals surface area contributed by atoms with E-state index in [1.165, 1.54) is 30.4 Å². The van der Waals surface area contributed by atoms with Gasteiger partial charge in [0, 0.05) is 11.1 Å². The van der Waals surface area contributed by atoms with Crippen molar-refractivity contribution in [1.82, 2.24) is 5.32 Å². The maximum absolute atomic E-state index is 6.20. The van der Waals surface area contributed by atoms with Gasteiger partial charge in [0.05, 0.1) is 0 Å². The van der Waals surface area contributed by atoms with Crippen molar-refractivity contribution >= 4 is 11.6 Å². The third-order valence-electron chi connectivity index (χ3n) is 3.53. The molecule has 1 rings (SSSR count). The Morgan fingerprint density at radius 3 is 2.47 bits per heavy atom. The molecule has 1 aromatic rings. The Bertz CT molecular complexity index is 355. The van der Waals surface area contributed by atoms with E-state index >= 15 is 0 Å². The Kier molecular flexibility index (Phi) is 7.48. The van der Waals surface area contributed by atoms with Crippen LogP contribution in [0.5, 0.6) is 0 Å². The van der Waals surface area contributed by atoms with Gasteiger partial charge >= 0.3 is 0 Å². The van der Waals surface area contributed by atoms with E-state index in [4.69, 9.17) is 11.6 Å². The molecular weight excluding hydrogens is 254 g/mol. The molecule has 0 aliphatic rings. The third-order valence-corrected chi connectivity index (χ3v) is 3.75. The van der Waals surface area contributed by atoms with Gasteiger partial charge in [0.15, 0.2) is 0 Å². The molecule has 0 aliphatic carbocycles. The second-order valence-electron chi connectivity index (χ2n) is 5.70. The maximum atomic E-state index is 6.20. The molecule has 2 atom stereocenters. The molecule has 0 spiro atoms. The van der Waals surface area contributed by atoms with Crippen LogP contribution in [0.15, 0.2) is 18.2 Å². The van der Waals surface area contributed by atoms with E-state index in [1.54, 1.807) is 0 Å². The van der Waals surface area contributed by atoms with Crippen LogP contribution in [0.3, 0.4) is 0 Å². The zero-order valence-electron chi connectivity index (χ0n) is 12.8. The molecule has 0 saturated heterocycles. The molecule has 1 N–H and O–H groups in total. The third kappa shape index (κ3) is 5.97. The first kappa shape index (κ1) is 16.5. The topological polar surface area (TPSA) is 12.0 Å². The second-order valence-corrected chi connectivity index (χ2v) is 6.13. The van der Waals surface area contributed by atoms with Crippen LogP contribution >= 0.6 is 11.6 Å². The maximum Gasteiger partial charge on any atom is 0.0411 e. The van der Waals surface area contributed by atoms with E-state index in [9.17, 15) is 0 Å². The zero-order valence-corrected chi connectivity index (χ0v) is 13.6. The predicted molar refractivity (Wildman–Crippen MR) is 85.9 cm³/mol. The molecule has 0 heterocycles. The van der Waals surface area contributed by atoms with Gasteiger partial charge in [-0.15, -0.1) is 0 Å². The van der Waals surface area contributed by atoms with Crippen molar-refractivity contribution in [3.8, 4) is 0 Å². The summed E-state index contributed by atoms with van der Waals surface area (Å²) in [5.74, 6) is 0.749. The lowest BCUT2D eigenvalue weighted by Gasteiger charge is -2.23. The Balaban J connectivity index is 2.82. The highest BCUT2D eigenvalue weighted by atomic mass is 35.5. The van der Waals surface area contributed by atoms with E-state index in [1.807, 2.05) is 6.07 Å². The SMILES string of the molecule is CCCNC(CC(C)CCC)c1cc(C)cc(Cl)c1. The summed E-state index contributed by atoms with van der Waals surface area (Å²) in [5, 5.41) is 4.52. The van der Waals surface area contributed by atoms with E-state index in [2.05, 4.69) is 45.1 Å². The standard InChI is InChI=1S/C17H28ClN/c1-5-7-13(3)11-17(19-8-6-2)15-9-14(4)10-16(18)12-15/h9-10,12-13,17,19H,5-8,11H2,1-4H3. The molecule has 0 fully saturated rings. The Morgan fingerprint density at radius 1 is 1.16 bits per heavy atom. The lowest BCUT2D eigenvalue weighted by molar-refractivity contribution is 0.390. The van der Waals surface area contributed by atoms with Crippen LogP contribution in [-0.4, -0.2) is 6.54 Å². The predicted octanol–water partition coefficient (Wildman–Crippen LogP) is 5.52. The average molecular weight is 282 g/mol. The van der Waals surface area contributed by atoms with Gasteiger partial charge in [0.25, 0.3) is 0 Å².